The molecule has 2 rings (SSSR count). The van der Waals surface area contributed by atoms with Crippen molar-refractivity contribution in [2.45, 2.75) is 13.1 Å². The second-order valence-electron chi connectivity index (χ2n) is 4.89. The van der Waals surface area contributed by atoms with Crippen LogP contribution >= 0.6 is 0 Å². The zero-order valence-electron chi connectivity index (χ0n) is 12.9. The summed E-state index contributed by atoms with van der Waals surface area (Å²) in [5.74, 6) is -0.645. The lowest BCUT2D eigenvalue weighted by Gasteiger charge is -2.16. The molecule has 0 aliphatic heterocycles. The zero-order valence-corrected chi connectivity index (χ0v) is 12.9. The number of halogens is 3. The van der Waals surface area contributed by atoms with E-state index in [0.717, 1.165) is 12.1 Å². The van der Waals surface area contributed by atoms with Gasteiger partial charge in [-0.25, -0.2) is 4.98 Å². The van der Waals surface area contributed by atoms with Gasteiger partial charge in [0.15, 0.2) is 5.82 Å². The number of nitrogens with two attached hydrogens (primary N) is 1. The van der Waals surface area contributed by atoms with Crippen LogP contribution in [0.5, 0.6) is 5.75 Å². The Labute approximate surface area is 135 Å². The van der Waals surface area contributed by atoms with Crippen molar-refractivity contribution in [3.8, 4) is 5.75 Å². The first kappa shape index (κ1) is 17.4. The standard InChI is InChI=1S/C15H15F3N4O2/c1-8-6-9(15(16,17)18)7-11(24-2)12(8)14(23)22-21-13-10(19)4-3-5-20-13/h3-7H,19H2,1-2H3,(H,20,21)(H,22,23). The molecule has 1 amide bonds. The second-order valence-corrected chi connectivity index (χ2v) is 4.89. The highest BCUT2D eigenvalue weighted by molar-refractivity contribution is 5.99. The first-order valence-electron chi connectivity index (χ1n) is 6.76. The second kappa shape index (κ2) is 6.65. The maximum absolute atomic E-state index is 12.8. The highest BCUT2D eigenvalue weighted by Crippen LogP contribution is 2.34. The minimum atomic E-state index is -4.53. The highest BCUT2D eigenvalue weighted by atomic mass is 19.4. The molecule has 0 aliphatic carbocycles. The number of alkyl halides is 3. The van der Waals surface area contributed by atoms with Crippen molar-refractivity contribution in [1.29, 1.82) is 0 Å². The number of pyridine rings is 1. The molecule has 1 aromatic heterocycles. The van der Waals surface area contributed by atoms with Crippen molar-refractivity contribution in [2.24, 2.45) is 0 Å². The normalized spacial score (nSPS) is 11.0. The number of nitrogens with one attached hydrogen (secondary N) is 2. The fourth-order valence-electron chi connectivity index (χ4n) is 2.07. The number of rotatable bonds is 4. The van der Waals surface area contributed by atoms with Gasteiger partial charge in [-0.3, -0.25) is 15.6 Å². The predicted octanol–water partition coefficient (Wildman–Crippen LogP) is 2.76. The van der Waals surface area contributed by atoms with Crippen LogP contribution in [0.4, 0.5) is 24.7 Å². The van der Waals surface area contributed by atoms with E-state index in [9.17, 15) is 18.0 Å². The van der Waals surface area contributed by atoms with Crippen LogP contribution in [0, 0.1) is 6.92 Å². The zero-order chi connectivity index (χ0) is 17.9. The molecule has 0 fully saturated rings. The third-order valence-electron chi connectivity index (χ3n) is 3.21. The van der Waals surface area contributed by atoms with E-state index >= 15 is 0 Å². The van der Waals surface area contributed by atoms with Crippen LogP contribution in [0.2, 0.25) is 0 Å². The summed E-state index contributed by atoms with van der Waals surface area (Å²) in [6.45, 7) is 1.39. The van der Waals surface area contributed by atoms with Crippen LogP contribution in [-0.4, -0.2) is 18.0 Å². The van der Waals surface area contributed by atoms with Crippen molar-refractivity contribution < 1.29 is 22.7 Å². The maximum Gasteiger partial charge on any atom is 0.416 e. The number of methoxy groups -OCH3 is 1. The van der Waals surface area contributed by atoms with Crippen LogP contribution in [0.1, 0.15) is 21.5 Å². The van der Waals surface area contributed by atoms with E-state index < -0.39 is 17.6 Å². The summed E-state index contributed by atoms with van der Waals surface area (Å²) in [7, 11) is 1.19. The fraction of sp³-hybridized carbons (Fsp3) is 0.200. The molecule has 24 heavy (non-hydrogen) atoms. The van der Waals surface area contributed by atoms with Gasteiger partial charge in [0.05, 0.1) is 23.9 Å². The lowest BCUT2D eigenvalue weighted by molar-refractivity contribution is -0.137. The number of hydrazine groups is 1. The van der Waals surface area contributed by atoms with Gasteiger partial charge < -0.3 is 10.5 Å². The number of amides is 1. The number of carbonyl (C=O) groups is 1. The van der Waals surface area contributed by atoms with Gasteiger partial charge >= 0.3 is 6.18 Å². The van der Waals surface area contributed by atoms with Crippen LogP contribution in [0.15, 0.2) is 30.5 Å². The van der Waals surface area contributed by atoms with Crippen molar-refractivity contribution in [3.05, 3.63) is 47.2 Å². The molecule has 2 aromatic rings. The minimum Gasteiger partial charge on any atom is -0.496 e. The summed E-state index contributed by atoms with van der Waals surface area (Å²) in [5.41, 5.74) is 10.0. The third kappa shape index (κ3) is 3.67. The Balaban J connectivity index is 2.27. The van der Waals surface area contributed by atoms with E-state index in [0.29, 0.717) is 5.69 Å². The summed E-state index contributed by atoms with van der Waals surface area (Å²) >= 11 is 0. The first-order chi connectivity index (χ1) is 11.2. The summed E-state index contributed by atoms with van der Waals surface area (Å²) in [6.07, 6.45) is -3.07. The van der Waals surface area contributed by atoms with Crippen LogP contribution in [0.3, 0.4) is 0 Å². The van der Waals surface area contributed by atoms with Gasteiger partial charge in [0.2, 0.25) is 0 Å². The smallest absolute Gasteiger partial charge is 0.416 e. The molecule has 0 unspecified atom stereocenters. The van der Waals surface area contributed by atoms with Gasteiger partial charge in [-0.05, 0) is 36.8 Å². The Morgan fingerprint density at radius 1 is 1.33 bits per heavy atom. The molecule has 0 aliphatic rings. The Hall–Kier alpha value is -2.97. The molecule has 0 spiro atoms. The summed E-state index contributed by atoms with van der Waals surface area (Å²) in [4.78, 5) is 16.2. The number of aromatic nitrogens is 1. The predicted molar refractivity (Wildman–Crippen MR) is 82.5 cm³/mol. The van der Waals surface area contributed by atoms with Crippen molar-refractivity contribution in [2.75, 3.05) is 18.3 Å². The monoisotopic (exact) mass is 340 g/mol. The van der Waals surface area contributed by atoms with Gasteiger partial charge in [-0.15, -0.1) is 0 Å². The Kier molecular flexibility index (Phi) is 4.82. The summed E-state index contributed by atoms with van der Waals surface area (Å²) in [6, 6.07) is 4.85. The molecule has 9 heteroatoms. The first-order valence-corrected chi connectivity index (χ1v) is 6.76. The Morgan fingerprint density at radius 2 is 2.04 bits per heavy atom. The molecule has 6 nitrogen and oxygen atoms in total. The number of hydrogen-bond acceptors (Lipinski definition) is 5. The van der Waals surface area contributed by atoms with Gasteiger partial charge in [-0.2, -0.15) is 13.2 Å². The Bertz CT molecular complexity index is 763. The molecule has 128 valence electrons. The van der Waals surface area contributed by atoms with Crippen LogP contribution < -0.4 is 21.3 Å². The topological polar surface area (TPSA) is 89.3 Å². The SMILES string of the molecule is COc1cc(C(F)(F)F)cc(C)c1C(=O)NNc1ncccc1N. The van der Waals surface area contributed by atoms with E-state index in [1.54, 1.807) is 12.1 Å². The molecule has 0 saturated carbocycles. The van der Waals surface area contributed by atoms with Crippen molar-refractivity contribution in [3.63, 3.8) is 0 Å². The number of hydrogen-bond donors (Lipinski definition) is 3. The summed E-state index contributed by atoms with van der Waals surface area (Å²) in [5, 5.41) is 0. The molecule has 4 N–H and O–H groups in total. The number of nitrogens with zero attached hydrogens (tertiary/aromatic N) is 1. The maximum atomic E-state index is 12.8. The van der Waals surface area contributed by atoms with E-state index in [-0.39, 0.29) is 22.7 Å². The van der Waals surface area contributed by atoms with Crippen LogP contribution in [0.25, 0.3) is 0 Å². The number of aryl methyl sites for hydroxylation is 1. The number of carbonyl (C=O) groups excluding carboxylic acids is 1. The number of nitrogen functional groups attached to an aromatic ring is 1. The number of anilines is 2. The average molecular weight is 340 g/mol. The third-order valence-corrected chi connectivity index (χ3v) is 3.21. The Morgan fingerprint density at radius 3 is 2.62 bits per heavy atom. The molecular weight excluding hydrogens is 325 g/mol. The molecule has 0 atom stereocenters. The largest absolute Gasteiger partial charge is 0.496 e. The van der Waals surface area contributed by atoms with E-state index in [2.05, 4.69) is 15.8 Å². The summed E-state index contributed by atoms with van der Waals surface area (Å²) < 4.78 is 43.5. The molecule has 1 aromatic carbocycles. The molecular formula is C15H15F3N4O2. The quantitative estimate of drug-likeness (QED) is 0.745. The lowest BCUT2D eigenvalue weighted by Crippen LogP contribution is -2.31. The fourth-order valence-corrected chi connectivity index (χ4v) is 2.07. The average Bonchev–Trinajstić information content (AvgIpc) is 2.52. The van der Waals surface area contributed by atoms with Gasteiger partial charge in [0.25, 0.3) is 5.91 Å². The van der Waals surface area contributed by atoms with Crippen molar-refractivity contribution >= 4 is 17.4 Å². The molecule has 0 saturated heterocycles. The van der Waals surface area contributed by atoms with E-state index in [4.69, 9.17) is 10.5 Å². The number of ether oxygens (including phenoxy) is 1. The van der Waals surface area contributed by atoms with Gasteiger partial charge in [0.1, 0.15) is 5.75 Å². The molecule has 0 radical (unpaired) electrons. The molecule has 1 heterocycles. The van der Waals surface area contributed by atoms with E-state index in [1.807, 2.05) is 0 Å². The van der Waals surface area contributed by atoms with Gasteiger partial charge in [0, 0.05) is 6.20 Å². The van der Waals surface area contributed by atoms with E-state index in [1.165, 1.54) is 20.2 Å². The molecule has 0 bridgehead atoms. The lowest BCUT2D eigenvalue weighted by atomic mass is 10.0. The minimum absolute atomic E-state index is 0.0208. The number of benzene rings is 1. The van der Waals surface area contributed by atoms with Gasteiger partial charge in [-0.1, -0.05) is 0 Å². The highest BCUT2D eigenvalue weighted by Gasteiger charge is 2.33. The van der Waals surface area contributed by atoms with Crippen molar-refractivity contribution in [1.82, 2.24) is 10.4 Å². The van der Waals surface area contributed by atoms with Crippen LogP contribution in [-0.2, 0) is 6.18 Å².